The summed E-state index contributed by atoms with van der Waals surface area (Å²) in [6, 6.07) is 74.2. The van der Waals surface area contributed by atoms with Crippen LogP contribution in [0.1, 0.15) is 67.5 Å². The highest BCUT2D eigenvalue weighted by molar-refractivity contribution is 6.14. The fourth-order valence-corrected chi connectivity index (χ4v) is 11.7. The average Bonchev–Trinajstić information content (AvgIpc) is 3.89. The molecule has 0 unspecified atom stereocenters. The van der Waals surface area contributed by atoms with E-state index in [1.165, 1.54) is 66.4 Å². The highest BCUT2D eigenvalue weighted by Gasteiger charge is 2.51. The van der Waals surface area contributed by atoms with E-state index in [4.69, 9.17) is 4.42 Å². The predicted molar refractivity (Wildman–Crippen MR) is 259 cm³/mol. The van der Waals surface area contributed by atoms with Gasteiger partial charge in [0.2, 0.25) is 0 Å². The van der Waals surface area contributed by atoms with Crippen LogP contribution in [-0.4, -0.2) is 0 Å². The Labute approximate surface area is 363 Å². The molecule has 0 atom stereocenters. The first-order chi connectivity index (χ1) is 30.2. The molecule has 62 heavy (non-hydrogen) atoms. The van der Waals surface area contributed by atoms with E-state index in [-0.39, 0.29) is 10.8 Å². The number of hydrogen-bond donors (Lipinski definition) is 0. The molecule has 0 saturated carbocycles. The standard InChI is InChI=1S/C60H47NO/c1-58(2)38-59(3,4)51-37-49-48(36-50(51)58)46-24-15-26-53(57(46)60(49,43-19-7-5-8-20-43)44-21-9-6-10-22-44)61(52-25-16-28-55-56(52)47-23-13-14-27-54(47)62-55)45-33-31-40(32-34-45)42-30-29-39-17-11-12-18-41(39)35-42/h5-37H,38H2,1-4H3. The van der Waals surface area contributed by atoms with Gasteiger partial charge in [-0.25, -0.2) is 0 Å². The second-order valence-corrected chi connectivity index (χ2v) is 18.8. The van der Waals surface area contributed by atoms with Gasteiger partial charge in [0.15, 0.2) is 0 Å². The number of fused-ring (bicyclic) bond motifs is 8. The second-order valence-electron chi connectivity index (χ2n) is 18.8. The van der Waals surface area contributed by atoms with Gasteiger partial charge >= 0.3 is 0 Å². The van der Waals surface area contributed by atoms with Gasteiger partial charge in [0, 0.05) is 16.6 Å². The van der Waals surface area contributed by atoms with Gasteiger partial charge in [0.25, 0.3) is 0 Å². The molecule has 0 aliphatic heterocycles. The van der Waals surface area contributed by atoms with Crippen molar-refractivity contribution in [2.45, 2.75) is 50.4 Å². The van der Waals surface area contributed by atoms with Crippen LogP contribution in [-0.2, 0) is 16.2 Å². The summed E-state index contributed by atoms with van der Waals surface area (Å²) in [4.78, 5) is 2.52. The van der Waals surface area contributed by atoms with Gasteiger partial charge in [0.05, 0.1) is 22.2 Å². The molecule has 0 N–H and O–H groups in total. The molecule has 0 radical (unpaired) electrons. The number of benzene rings is 9. The van der Waals surface area contributed by atoms with E-state index in [0.717, 1.165) is 45.4 Å². The first kappa shape index (κ1) is 36.7. The molecular formula is C60H47NO. The Morgan fingerprint density at radius 2 is 1.03 bits per heavy atom. The molecule has 2 aliphatic rings. The molecular weight excluding hydrogens is 751 g/mol. The van der Waals surface area contributed by atoms with Crippen molar-refractivity contribution in [3.8, 4) is 22.3 Å². The van der Waals surface area contributed by atoms with Crippen LogP contribution in [0, 0.1) is 0 Å². The molecule has 10 aromatic rings. The number of furan rings is 1. The molecule has 2 aliphatic carbocycles. The third-order valence-electron chi connectivity index (χ3n) is 14.1. The van der Waals surface area contributed by atoms with E-state index in [9.17, 15) is 0 Å². The minimum Gasteiger partial charge on any atom is -0.456 e. The predicted octanol–water partition coefficient (Wildman–Crippen LogP) is 16.2. The lowest BCUT2D eigenvalue weighted by Gasteiger charge is -2.38. The van der Waals surface area contributed by atoms with Crippen LogP contribution in [0.3, 0.4) is 0 Å². The summed E-state index contributed by atoms with van der Waals surface area (Å²) in [5, 5.41) is 4.69. The zero-order valence-corrected chi connectivity index (χ0v) is 35.6. The summed E-state index contributed by atoms with van der Waals surface area (Å²) in [6.07, 6.45) is 1.11. The molecule has 2 heteroatoms. The van der Waals surface area contributed by atoms with Crippen LogP contribution in [0.4, 0.5) is 17.1 Å². The lowest BCUT2D eigenvalue weighted by molar-refractivity contribution is 0.403. The van der Waals surface area contributed by atoms with Crippen LogP contribution in [0.2, 0.25) is 0 Å². The van der Waals surface area contributed by atoms with Crippen molar-refractivity contribution in [3.63, 3.8) is 0 Å². The van der Waals surface area contributed by atoms with E-state index < -0.39 is 5.41 Å². The molecule has 9 aromatic carbocycles. The van der Waals surface area contributed by atoms with Gasteiger partial charge in [-0.1, -0.05) is 179 Å². The normalized spacial score (nSPS) is 15.4. The molecule has 0 saturated heterocycles. The van der Waals surface area contributed by atoms with Crippen molar-refractivity contribution < 1.29 is 4.42 Å². The van der Waals surface area contributed by atoms with Crippen molar-refractivity contribution in [2.24, 2.45) is 0 Å². The smallest absolute Gasteiger partial charge is 0.137 e. The average molecular weight is 798 g/mol. The number of para-hydroxylation sites is 1. The minimum absolute atomic E-state index is 0.0292. The highest BCUT2D eigenvalue weighted by Crippen LogP contribution is 2.63. The van der Waals surface area contributed by atoms with E-state index in [1.807, 2.05) is 0 Å². The first-order valence-corrected chi connectivity index (χ1v) is 22.0. The van der Waals surface area contributed by atoms with Crippen molar-refractivity contribution >= 4 is 49.8 Å². The highest BCUT2D eigenvalue weighted by atomic mass is 16.3. The van der Waals surface area contributed by atoms with Crippen LogP contribution in [0.15, 0.2) is 205 Å². The van der Waals surface area contributed by atoms with E-state index in [0.29, 0.717) is 0 Å². The van der Waals surface area contributed by atoms with Crippen molar-refractivity contribution in [2.75, 3.05) is 4.90 Å². The van der Waals surface area contributed by atoms with Crippen LogP contribution in [0.5, 0.6) is 0 Å². The fraction of sp³-hybridized carbons (Fsp3) is 0.133. The zero-order chi connectivity index (χ0) is 41.8. The lowest BCUT2D eigenvalue weighted by Crippen LogP contribution is -2.31. The Morgan fingerprint density at radius 3 is 1.77 bits per heavy atom. The molecule has 1 aromatic heterocycles. The third kappa shape index (κ3) is 5.29. The van der Waals surface area contributed by atoms with Crippen molar-refractivity contribution in [1.29, 1.82) is 0 Å². The topological polar surface area (TPSA) is 16.4 Å². The monoisotopic (exact) mass is 797 g/mol. The van der Waals surface area contributed by atoms with Crippen LogP contribution >= 0.6 is 0 Å². The van der Waals surface area contributed by atoms with Gasteiger partial charge in [-0.3, -0.25) is 0 Å². The third-order valence-corrected chi connectivity index (χ3v) is 14.1. The van der Waals surface area contributed by atoms with Gasteiger partial charge in [-0.2, -0.15) is 0 Å². The minimum atomic E-state index is -0.628. The molecule has 0 bridgehead atoms. The number of hydrogen-bond acceptors (Lipinski definition) is 2. The van der Waals surface area contributed by atoms with E-state index in [1.54, 1.807) is 0 Å². The zero-order valence-electron chi connectivity index (χ0n) is 35.6. The Morgan fingerprint density at radius 1 is 0.435 bits per heavy atom. The summed E-state index contributed by atoms with van der Waals surface area (Å²) in [5.41, 5.74) is 17.5. The second kappa shape index (κ2) is 13.4. The fourth-order valence-electron chi connectivity index (χ4n) is 11.7. The Bertz CT molecular complexity index is 3330. The molecule has 0 amide bonds. The Kier molecular flexibility index (Phi) is 7.94. The first-order valence-electron chi connectivity index (χ1n) is 22.0. The van der Waals surface area contributed by atoms with Crippen LogP contribution in [0.25, 0.3) is 55.0 Å². The van der Waals surface area contributed by atoms with E-state index in [2.05, 4.69) is 233 Å². The van der Waals surface area contributed by atoms with Gasteiger partial charge < -0.3 is 9.32 Å². The summed E-state index contributed by atoms with van der Waals surface area (Å²) in [7, 11) is 0. The maximum Gasteiger partial charge on any atom is 0.137 e. The summed E-state index contributed by atoms with van der Waals surface area (Å²) < 4.78 is 6.61. The SMILES string of the molecule is CC1(C)CC(C)(C)c2cc3c(cc21)-c1cccc(N(c2ccc(-c4ccc5ccccc5c4)cc2)c2cccc4oc5ccccc5c24)c1C3(c1ccccc1)c1ccccc1. The van der Waals surface area contributed by atoms with Gasteiger partial charge in [0.1, 0.15) is 11.2 Å². The number of rotatable bonds is 6. The molecule has 0 fully saturated rings. The van der Waals surface area contributed by atoms with Crippen molar-refractivity contribution in [3.05, 3.63) is 234 Å². The van der Waals surface area contributed by atoms with Gasteiger partial charge in [-0.05, 0) is 127 Å². The largest absolute Gasteiger partial charge is 0.456 e. The summed E-state index contributed by atoms with van der Waals surface area (Å²) in [6.45, 7) is 9.74. The molecule has 298 valence electrons. The lowest BCUT2D eigenvalue weighted by atomic mass is 9.66. The molecule has 0 spiro atoms. The van der Waals surface area contributed by atoms with E-state index >= 15 is 0 Å². The summed E-state index contributed by atoms with van der Waals surface area (Å²) in [5.74, 6) is 0. The van der Waals surface area contributed by atoms with Gasteiger partial charge in [-0.15, -0.1) is 0 Å². The maximum absolute atomic E-state index is 6.61. The maximum atomic E-state index is 6.61. The number of anilines is 3. The molecule has 1 heterocycles. The quantitative estimate of drug-likeness (QED) is 0.167. The molecule has 12 rings (SSSR count). The molecule has 2 nitrogen and oxygen atoms in total. The Balaban J connectivity index is 1.18. The van der Waals surface area contributed by atoms with Crippen molar-refractivity contribution in [1.82, 2.24) is 0 Å². The number of nitrogens with zero attached hydrogens (tertiary/aromatic N) is 1. The Hall–Kier alpha value is -7.16. The van der Waals surface area contributed by atoms with Crippen LogP contribution < -0.4 is 4.90 Å². The summed E-state index contributed by atoms with van der Waals surface area (Å²) >= 11 is 0.